The average molecular weight is 404 g/mol. The Morgan fingerprint density at radius 3 is 1.17 bits per heavy atom. The first kappa shape index (κ1) is 28.5. The zero-order valence-electron chi connectivity index (χ0n) is 20.5. The third-order valence-corrected chi connectivity index (χ3v) is 6.01. The second-order valence-corrected chi connectivity index (χ2v) is 9.07. The minimum absolute atomic E-state index is 1.21. The second-order valence-electron chi connectivity index (χ2n) is 9.07. The first-order valence-electron chi connectivity index (χ1n) is 13.6. The van der Waals surface area contributed by atoms with E-state index >= 15 is 0 Å². The van der Waals surface area contributed by atoms with Gasteiger partial charge in [0, 0.05) is 0 Å². The van der Waals surface area contributed by atoms with E-state index in [1.54, 1.807) is 0 Å². The van der Waals surface area contributed by atoms with E-state index in [1.165, 1.54) is 148 Å². The van der Waals surface area contributed by atoms with E-state index in [2.05, 4.69) is 38.2 Å². The van der Waals surface area contributed by atoms with Crippen LogP contribution in [0.5, 0.6) is 0 Å². The Bertz CT molecular complexity index is 325. The van der Waals surface area contributed by atoms with Crippen LogP contribution in [0.25, 0.3) is 0 Å². The maximum atomic E-state index is 3.35. The van der Waals surface area contributed by atoms with Crippen molar-refractivity contribution in [3.63, 3.8) is 0 Å². The van der Waals surface area contributed by atoms with Crippen LogP contribution >= 0.6 is 0 Å². The maximum Gasteiger partial charge on any atom is -0.0230 e. The van der Waals surface area contributed by atoms with Crippen molar-refractivity contribution in [1.82, 2.24) is 0 Å². The highest BCUT2D eigenvalue weighted by atomic mass is 14.0. The maximum absolute atomic E-state index is 3.35. The molecule has 0 aliphatic rings. The highest BCUT2D eigenvalue weighted by molar-refractivity contribution is 4.94. The van der Waals surface area contributed by atoms with Gasteiger partial charge in [-0.25, -0.2) is 0 Å². The Balaban J connectivity index is 3.14. The summed E-state index contributed by atoms with van der Waals surface area (Å²) in [7, 11) is 0. The van der Waals surface area contributed by atoms with Gasteiger partial charge in [-0.15, -0.1) is 0 Å². The lowest BCUT2D eigenvalue weighted by Gasteiger charge is -2.01. The van der Waals surface area contributed by atoms with Crippen LogP contribution in [0.4, 0.5) is 0 Å². The molecule has 0 fully saturated rings. The number of hydrogen-bond donors (Lipinski definition) is 0. The van der Waals surface area contributed by atoms with Crippen molar-refractivity contribution in [2.24, 2.45) is 0 Å². The summed E-state index contributed by atoms with van der Waals surface area (Å²) in [6, 6.07) is 0. The van der Waals surface area contributed by atoms with Gasteiger partial charge in [-0.3, -0.25) is 0 Å². The van der Waals surface area contributed by atoms with Crippen molar-refractivity contribution in [1.29, 1.82) is 0 Å². The van der Waals surface area contributed by atoms with Gasteiger partial charge in [-0.2, -0.15) is 0 Å². The zero-order valence-corrected chi connectivity index (χ0v) is 20.5. The van der Waals surface area contributed by atoms with Gasteiger partial charge in [0.05, 0.1) is 0 Å². The number of unbranched alkanes of at least 4 members (excludes halogenated alkanes) is 21. The zero-order chi connectivity index (χ0) is 21.1. The summed E-state index contributed by atoms with van der Waals surface area (Å²) < 4.78 is 0. The predicted molar refractivity (Wildman–Crippen MR) is 134 cm³/mol. The summed E-state index contributed by atoms with van der Waals surface area (Å²) >= 11 is 0. The Labute approximate surface area is 186 Å². The van der Waals surface area contributed by atoms with Gasteiger partial charge in [0.2, 0.25) is 0 Å². The molecular formula is C29H55. The van der Waals surface area contributed by atoms with E-state index < -0.39 is 0 Å². The van der Waals surface area contributed by atoms with Crippen LogP contribution in [0.1, 0.15) is 162 Å². The van der Waals surface area contributed by atoms with Gasteiger partial charge in [-0.1, -0.05) is 154 Å². The molecule has 0 aromatic carbocycles. The molecule has 0 aliphatic carbocycles. The van der Waals surface area contributed by atoms with Gasteiger partial charge < -0.3 is 0 Å². The minimum atomic E-state index is 1.21. The lowest BCUT2D eigenvalue weighted by atomic mass is 10.1. The Morgan fingerprint density at radius 2 is 0.759 bits per heavy atom. The van der Waals surface area contributed by atoms with Gasteiger partial charge in [-0.05, 0) is 31.8 Å². The lowest BCUT2D eigenvalue weighted by Crippen LogP contribution is -1.82. The topological polar surface area (TPSA) is 0 Å². The quantitative estimate of drug-likeness (QED) is 0.111. The summed E-state index contributed by atoms with van der Waals surface area (Å²) in [6.45, 7) is 4.59. The molecule has 0 aromatic heterocycles. The molecule has 171 valence electrons. The molecule has 0 heteroatoms. The first-order chi connectivity index (χ1) is 14.4. The first-order valence-corrected chi connectivity index (χ1v) is 13.6. The molecule has 0 aliphatic heterocycles. The van der Waals surface area contributed by atoms with Crippen molar-refractivity contribution < 1.29 is 0 Å². The molecule has 0 amide bonds. The Kier molecular flexibility index (Phi) is 27.0. The van der Waals surface area contributed by atoms with E-state index in [-0.39, 0.29) is 0 Å². The van der Waals surface area contributed by atoms with Crippen molar-refractivity contribution in [2.45, 2.75) is 162 Å². The molecule has 1 radical (unpaired) electrons. The van der Waals surface area contributed by atoms with Crippen LogP contribution in [0.3, 0.4) is 0 Å². The molecule has 0 nitrogen and oxygen atoms in total. The molecule has 0 bridgehead atoms. The predicted octanol–water partition coefficient (Wildman–Crippen LogP) is 10.9. The fourth-order valence-corrected chi connectivity index (χ4v) is 3.96. The molecule has 0 N–H and O–H groups in total. The molecule has 0 rings (SSSR count). The standard InChI is InChI=1S/C29H55/c1-3-5-7-9-11-13-15-17-19-21-23-25-27-29-28-26-24-22-20-18-16-14-12-10-8-6-4-2/h25,27-28H,3-24,26H2,1-2H3. The molecular weight excluding hydrogens is 348 g/mol. The molecule has 29 heavy (non-hydrogen) atoms. The van der Waals surface area contributed by atoms with Crippen LogP contribution in [0, 0.1) is 6.08 Å². The van der Waals surface area contributed by atoms with Gasteiger partial charge in [0.15, 0.2) is 0 Å². The normalized spacial score (nSPS) is 11.9. The third kappa shape index (κ3) is 27.5. The van der Waals surface area contributed by atoms with Gasteiger partial charge in [0.1, 0.15) is 0 Å². The third-order valence-electron chi connectivity index (χ3n) is 6.01. The van der Waals surface area contributed by atoms with Crippen LogP contribution in [0.2, 0.25) is 0 Å². The van der Waals surface area contributed by atoms with E-state index in [9.17, 15) is 0 Å². The molecule has 0 atom stereocenters. The minimum Gasteiger partial charge on any atom is -0.0839 e. The SMILES string of the molecule is CCCCCCCCCCCCC=C/[C]=C/CCCCCCCCCCCCC. The summed E-state index contributed by atoms with van der Waals surface area (Å²) in [4.78, 5) is 0. The van der Waals surface area contributed by atoms with E-state index in [0.29, 0.717) is 0 Å². The Morgan fingerprint density at radius 1 is 0.414 bits per heavy atom. The summed E-state index contributed by atoms with van der Waals surface area (Å²) in [5.74, 6) is 0. The van der Waals surface area contributed by atoms with E-state index in [0.717, 1.165) is 0 Å². The summed E-state index contributed by atoms with van der Waals surface area (Å²) in [5, 5.41) is 0. The smallest absolute Gasteiger partial charge is 0.0230 e. The fourth-order valence-electron chi connectivity index (χ4n) is 3.96. The second kappa shape index (κ2) is 27.5. The summed E-state index contributed by atoms with van der Waals surface area (Å²) in [6.07, 6.45) is 42.4. The number of hydrogen-bond acceptors (Lipinski definition) is 0. The van der Waals surface area contributed by atoms with Crippen LogP contribution in [0.15, 0.2) is 18.2 Å². The van der Waals surface area contributed by atoms with Gasteiger partial charge in [0.25, 0.3) is 0 Å². The van der Waals surface area contributed by atoms with E-state index in [1.807, 2.05) is 0 Å². The van der Waals surface area contributed by atoms with Crippen LogP contribution in [-0.2, 0) is 0 Å². The van der Waals surface area contributed by atoms with Crippen molar-refractivity contribution in [3.8, 4) is 0 Å². The van der Waals surface area contributed by atoms with Gasteiger partial charge >= 0.3 is 0 Å². The average Bonchev–Trinajstić information content (AvgIpc) is 2.74. The molecule has 0 saturated carbocycles. The summed E-state index contributed by atoms with van der Waals surface area (Å²) in [5.41, 5.74) is 0. The highest BCUT2D eigenvalue weighted by Gasteiger charge is 1.93. The van der Waals surface area contributed by atoms with Crippen molar-refractivity contribution >= 4 is 0 Å². The fraction of sp³-hybridized carbons (Fsp3) is 0.862. The number of allylic oxidation sites excluding steroid dienone is 4. The molecule has 0 heterocycles. The van der Waals surface area contributed by atoms with Crippen molar-refractivity contribution in [3.05, 3.63) is 24.3 Å². The lowest BCUT2D eigenvalue weighted by molar-refractivity contribution is 0.550. The highest BCUT2D eigenvalue weighted by Crippen LogP contribution is 2.13. The van der Waals surface area contributed by atoms with Crippen LogP contribution < -0.4 is 0 Å². The molecule has 0 spiro atoms. The Hall–Kier alpha value is -0.520. The van der Waals surface area contributed by atoms with Crippen LogP contribution in [-0.4, -0.2) is 0 Å². The monoisotopic (exact) mass is 403 g/mol. The molecule has 0 aromatic rings. The number of rotatable bonds is 24. The molecule has 0 unspecified atom stereocenters. The molecule has 0 saturated heterocycles. The van der Waals surface area contributed by atoms with E-state index in [4.69, 9.17) is 0 Å². The van der Waals surface area contributed by atoms with Crippen molar-refractivity contribution in [2.75, 3.05) is 0 Å². The largest absolute Gasteiger partial charge is 0.0839 e.